The summed E-state index contributed by atoms with van der Waals surface area (Å²) in [7, 11) is 0. The van der Waals surface area contributed by atoms with Gasteiger partial charge in [0.25, 0.3) is 0 Å². The molecule has 1 amide bonds. The molecule has 1 aliphatic carbocycles. The van der Waals surface area contributed by atoms with Crippen LogP contribution in [0, 0.1) is 11.8 Å². The van der Waals surface area contributed by atoms with Crippen molar-refractivity contribution in [3.05, 3.63) is 17.0 Å². The predicted octanol–water partition coefficient (Wildman–Crippen LogP) is 2.46. The molecule has 0 saturated heterocycles. The molecule has 0 unspecified atom stereocenters. The molecular formula is C18H29N3O2. The number of fused-ring (bicyclic) bond motifs is 1. The number of nitrogens with zero attached hydrogens (tertiary/aromatic N) is 2. The van der Waals surface area contributed by atoms with Crippen molar-refractivity contribution in [1.29, 1.82) is 0 Å². The normalized spacial score (nSPS) is 17.3. The molecule has 1 aromatic heterocycles. The first-order valence-corrected chi connectivity index (χ1v) is 9.15. The zero-order valence-electron chi connectivity index (χ0n) is 14.4. The first-order valence-electron chi connectivity index (χ1n) is 9.15. The van der Waals surface area contributed by atoms with Crippen LogP contribution in [0.25, 0.3) is 0 Å². The Labute approximate surface area is 138 Å². The van der Waals surface area contributed by atoms with Crippen LogP contribution in [0.5, 0.6) is 0 Å². The molecule has 1 saturated carbocycles. The highest BCUT2D eigenvalue weighted by Crippen LogP contribution is 2.32. The molecule has 2 heterocycles. The van der Waals surface area contributed by atoms with Gasteiger partial charge in [-0.25, -0.2) is 0 Å². The van der Waals surface area contributed by atoms with Crippen molar-refractivity contribution >= 4 is 5.91 Å². The fourth-order valence-electron chi connectivity index (χ4n) is 3.38. The van der Waals surface area contributed by atoms with Crippen LogP contribution in [0.1, 0.15) is 56.5 Å². The molecule has 128 valence electrons. The Morgan fingerprint density at radius 1 is 1.39 bits per heavy atom. The van der Waals surface area contributed by atoms with Gasteiger partial charge in [0.05, 0.1) is 18.9 Å². The van der Waals surface area contributed by atoms with Crippen molar-refractivity contribution in [2.24, 2.45) is 11.8 Å². The Balaban J connectivity index is 1.61. The van der Waals surface area contributed by atoms with E-state index in [0.29, 0.717) is 13.2 Å². The highest BCUT2D eigenvalue weighted by atomic mass is 16.5. The Morgan fingerprint density at radius 3 is 2.87 bits per heavy atom. The molecular weight excluding hydrogens is 290 g/mol. The Hall–Kier alpha value is -1.36. The molecule has 1 aliphatic heterocycles. The van der Waals surface area contributed by atoms with Gasteiger partial charge in [0, 0.05) is 43.1 Å². The molecule has 0 aromatic carbocycles. The van der Waals surface area contributed by atoms with Gasteiger partial charge < -0.3 is 10.1 Å². The summed E-state index contributed by atoms with van der Waals surface area (Å²) >= 11 is 0. The molecule has 1 fully saturated rings. The van der Waals surface area contributed by atoms with Crippen molar-refractivity contribution in [2.45, 2.75) is 65.5 Å². The third-order valence-corrected chi connectivity index (χ3v) is 5.12. The summed E-state index contributed by atoms with van der Waals surface area (Å²) < 4.78 is 7.85. The van der Waals surface area contributed by atoms with Gasteiger partial charge in [0.15, 0.2) is 0 Å². The molecule has 5 nitrogen and oxygen atoms in total. The largest absolute Gasteiger partial charge is 0.376 e. The number of rotatable bonds is 8. The number of nitrogens with one attached hydrogen (secondary N) is 1. The van der Waals surface area contributed by atoms with Gasteiger partial charge >= 0.3 is 0 Å². The van der Waals surface area contributed by atoms with Crippen LogP contribution in [-0.2, 0) is 35.5 Å². The predicted molar refractivity (Wildman–Crippen MR) is 89.1 cm³/mol. The molecule has 0 bridgehead atoms. The first-order chi connectivity index (χ1) is 11.2. The monoisotopic (exact) mass is 319 g/mol. The fourth-order valence-corrected chi connectivity index (χ4v) is 3.38. The second-order valence-electron chi connectivity index (χ2n) is 6.85. The van der Waals surface area contributed by atoms with Crippen molar-refractivity contribution < 1.29 is 9.53 Å². The van der Waals surface area contributed by atoms with Gasteiger partial charge in [-0.05, 0) is 31.6 Å². The van der Waals surface area contributed by atoms with Crippen LogP contribution in [0.4, 0.5) is 0 Å². The van der Waals surface area contributed by atoms with Crippen molar-refractivity contribution in [3.63, 3.8) is 0 Å². The molecule has 0 radical (unpaired) electrons. The maximum absolute atomic E-state index is 12.1. The minimum Gasteiger partial charge on any atom is -0.376 e. The van der Waals surface area contributed by atoms with Crippen LogP contribution in [-0.4, -0.2) is 28.8 Å². The number of hydrogen-bond acceptors (Lipinski definition) is 3. The third kappa shape index (κ3) is 3.94. The van der Waals surface area contributed by atoms with E-state index in [1.165, 1.54) is 24.1 Å². The summed E-state index contributed by atoms with van der Waals surface area (Å²) in [4.78, 5) is 12.1. The molecule has 1 aromatic rings. The smallest absolute Gasteiger partial charge is 0.223 e. The maximum Gasteiger partial charge on any atom is 0.223 e. The number of carbonyl (C=O) groups excluding carboxylic acids is 1. The lowest BCUT2D eigenvalue weighted by Gasteiger charge is -2.15. The van der Waals surface area contributed by atoms with Gasteiger partial charge in [-0.1, -0.05) is 13.8 Å². The van der Waals surface area contributed by atoms with E-state index in [0.717, 1.165) is 50.4 Å². The summed E-state index contributed by atoms with van der Waals surface area (Å²) in [5.41, 5.74) is 3.75. The lowest BCUT2D eigenvalue weighted by Crippen LogP contribution is -2.31. The number of ether oxygens (including phenoxy) is 1. The van der Waals surface area contributed by atoms with Gasteiger partial charge in [0.1, 0.15) is 0 Å². The highest BCUT2D eigenvalue weighted by molar-refractivity contribution is 5.78. The van der Waals surface area contributed by atoms with Crippen molar-refractivity contribution in [2.75, 3.05) is 13.2 Å². The van der Waals surface area contributed by atoms with Crippen LogP contribution in [0.15, 0.2) is 0 Å². The summed E-state index contributed by atoms with van der Waals surface area (Å²) in [6.45, 7) is 7.34. The van der Waals surface area contributed by atoms with Gasteiger partial charge in [-0.2, -0.15) is 5.10 Å². The van der Waals surface area contributed by atoms with Crippen molar-refractivity contribution in [3.8, 4) is 0 Å². The molecule has 1 N–H and O–H groups in total. The summed E-state index contributed by atoms with van der Waals surface area (Å²) in [6, 6.07) is 0. The third-order valence-electron chi connectivity index (χ3n) is 5.12. The first kappa shape index (κ1) is 16.5. The Morgan fingerprint density at radius 2 is 2.17 bits per heavy atom. The lowest BCUT2D eigenvalue weighted by atomic mass is 10.0. The number of amides is 1. The number of carbonyl (C=O) groups is 1. The summed E-state index contributed by atoms with van der Waals surface area (Å²) in [5.74, 6) is 1.14. The topological polar surface area (TPSA) is 56.2 Å². The highest BCUT2D eigenvalue weighted by Gasteiger charge is 2.27. The maximum atomic E-state index is 12.1. The van der Waals surface area contributed by atoms with E-state index >= 15 is 0 Å². The number of hydrogen-bond donors (Lipinski definition) is 1. The zero-order chi connectivity index (χ0) is 16.2. The second-order valence-corrected chi connectivity index (χ2v) is 6.85. The van der Waals surface area contributed by atoms with Crippen molar-refractivity contribution in [1.82, 2.24) is 15.1 Å². The zero-order valence-corrected chi connectivity index (χ0v) is 14.4. The summed E-state index contributed by atoms with van der Waals surface area (Å²) in [6.07, 6.45) is 6.26. The fraction of sp³-hybridized carbons (Fsp3) is 0.778. The minimum absolute atomic E-state index is 0.139. The molecule has 5 heteroatoms. The van der Waals surface area contributed by atoms with E-state index in [2.05, 4.69) is 23.8 Å². The molecule has 3 rings (SSSR count). The second kappa shape index (κ2) is 7.47. The van der Waals surface area contributed by atoms with E-state index in [4.69, 9.17) is 9.84 Å². The van der Waals surface area contributed by atoms with E-state index < -0.39 is 0 Å². The average Bonchev–Trinajstić information content (AvgIpc) is 3.31. The van der Waals surface area contributed by atoms with Crippen LogP contribution >= 0.6 is 0 Å². The van der Waals surface area contributed by atoms with Gasteiger partial charge in [-0.15, -0.1) is 0 Å². The lowest BCUT2D eigenvalue weighted by molar-refractivity contribution is -0.125. The van der Waals surface area contributed by atoms with Crippen LogP contribution in [0.3, 0.4) is 0 Å². The average molecular weight is 319 g/mol. The molecule has 23 heavy (non-hydrogen) atoms. The molecule has 0 spiro atoms. The van der Waals surface area contributed by atoms with Crippen LogP contribution < -0.4 is 5.32 Å². The minimum atomic E-state index is 0.139. The Kier molecular flexibility index (Phi) is 5.36. The molecule has 2 aliphatic rings. The van der Waals surface area contributed by atoms with Crippen LogP contribution in [0.2, 0.25) is 0 Å². The van der Waals surface area contributed by atoms with Gasteiger partial charge in [0.2, 0.25) is 5.91 Å². The SMILES string of the molecule is CCC(CC)C(=O)NCCc1nn(CC2CC2)c2c1COCC2. The summed E-state index contributed by atoms with van der Waals surface area (Å²) in [5, 5.41) is 7.91. The Bertz CT molecular complexity index is 545. The van der Waals surface area contributed by atoms with E-state index in [1.54, 1.807) is 0 Å². The van der Waals surface area contributed by atoms with E-state index in [1.807, 2.05) is 0 Å². The molecule has 0 atom stereocenters. The quantitative estimate of drug-likeness (QED) is 0.801. The standard InChI is InChI=1S/C18H29N3O2/c1-3-14(4-2)18(22)19-9-7-16-15-12-23-10-8-17(15)21(20-16)11-13-5-6-13/h13-14H,3-12H2,1-2H3,(H,19,22). The van der Waals surface area contributed by atoms with E-state index in [9.17, 15) is 4.79 Å². The number of aromatic nitrogens is 2. The van der Waals surface area contributed by atoms with Gasteiger partial charge in [-0.3, -0.25) is 9.48 Å². The van der Waals surface area contributed by atoms with E-state index in [-0.39, 0.29) is 11.8 Å².